The van der Waals surface area contributed by atoms with Crippen molar-refractivity contribution in [2.24, 2.45) is 0 Å². The van der Waals surface area contributed by atoms with E-state index in [1.54, 1.807) is 0 Å². The Hall–Kier alpha value is -2.35. The summed E-state index contributed by atoms with van der Waals surface area (Å²) in [5.41, 5.74) is 2.87. The summed E-state index contributed by atoms with van der Waals surface area (Å²) in [6, 6.07) is 23.3. The molecule has 0 fully saturated rings. The summed E-state index contributed by atoms with van der Waals surface area (Å²) in [4.78, 5) is 0. The van der Waals surface area contributed by atoms with Crippen molar-refractivity contribution in [3.05, 3.63) is 90.5 Å². The quantitative estimate of drug-likeness (QED) is 0.0858. The van der Waals surface area contributed by atoms with Gasteiger partial charge in [-0.05, 0) is 44.2 Å². The van der Waals surface area contributed by atoms with Crippen LogP contribution in [0, 0.1) is 0 Å². The number of nitrogens with zero attached hydrogens (tertiary/aromatic N) is 2. The molecule has 0 aliphatic rings. The van der Waals surface area contributed by atoms with Crippen LogP contribution in [-0.4, -0.2) is 4.57 Å². The van der Waals surface area contributed by atoms with Gasteiger partial charge in [-0.25, -0.2) is 9.13 Å². The Labute approximate surface area is 253 Å². The Kier molecular flexibility index (Phi) is 15.3. The summed E-state index contributed by atoms with van der Waals surface area (Å²) in [5.74, 6) is 0. The van der Waals surface area contributed by atoms with Crippen LogP contribution in [0.5, 0.6) is 0 Å². The van der Waals surface area contributed by atoms with Crippen LogP contribution >= 0.6 is 0 Å². The molecule has 0 N–H and O–H groups in total. The number of imidazole rings is 1. The number of aromatic nitrogens is 2. The normalized spacial score (nSPS) is 13.9. The van der Waals surface area contributed by atoms with Crippen molar-refractivity contribution in [1.82, 2.24) is 4.57 Å². The van der Waals surface area contributed by atoms with Crippen molar-refractivity contribution in [2.45, 2.75) is 154 Å². The van der Waals surface area contributed by atoms with Crippen LogP contribution in [0.1, 0.15) is 154 Å². The van der Waals surface area contributed by atoms with Gasteiger partial charge in [0, 0.05) is 5.41 Å². The highest BCUT2D eigenvalue weighted by molar-refractivity contribution is 5.29. The minimum atomic E-state index is 0.00639. The maximum atomic E-state index is 2.53. The largest absolute Gasteiger partial charge is 0.244 e. The molecule has 41 heavy (non-hydrogen) atoms. The topological polar surface area (TPSA) is 8.81 Å². The lowest BCUT2D eigenvalue weighted by Gasteiger charge is -2.37. The molecule has 2 unspecified atom stereocenters. The molecule has 0 spiro atoms. The van der Waals surface area contributed by atoms with E-state index in [9.17, 15) is 0 Å². The van der Waals surface area contributed by atoms with E-state index in [0.717, 1.165) is 6.42 Å². The molecule has 2 nitrogen and oxygen atoms in total. The lowest BCUT2D eigenvalue weighted by Crippen LogP contribution is -2.50. The summed E-state index contributed by atoms with van der Waals surface area (Å²) >= 11 is 0. The standard InChI is InChI=1S/C39H61N2/c1-5-6-7-8-9-10-11-12-13-14-15-16-17-18-25-30-38(41-32-31-40(34-41)35(2)3)39(4,37-28-23-20-24-29-37)33-36-26-21-19-22-27-36/h19-24,26-29,31-32,34-35,38H,5-18,25,30,33H2,1-4H3/q+1. The summed E-state index contributed by atoms with van der Waals surface area (Å²) in [5, 5.41) is 0. The minimum Gasteiger partial charge on any atom is -0.235 e. The zero-order valence-electron chi connectivity index (χ0n) is 27.1. The molecule has 0 bridgehead atoms. The summed E-state index contributed by atoms with van der Waals surface area (Å²) < 4.78 is 4.88. The zero-order chi connectivity index (χ0) is 29.2. The van der Waals surface area contributed by atoms with E-state index in [0.29, 0.717) is 12.1 Å². The second-order valence-corrected chi connectivity index (χ2v) is 13.1. The fourth-order valence-corrected chi connectivity index (χ4v) is 6.63. The molecule has 0 saturated carbocycles. The van der Waals surface area contributed by atoms with E-state index in [1.807, 2.05) is 0 Å². The predicted molar refractivity (Wildman–Crippen MR) is 178 cm³/mol. The first kappa shape index (κ1) is 33.2. The van der Waals surface area contributed by atoms with E-state index in [-0.39, 0.29) is 5.41 Å². The highest BCUT2D eigenvalue weighted by Gasteiger charge is 2.40. The average Bonchev–Trinajstić information content (AvgIpc) is 3.48. The molecule has 3 aromatic rings. The van der Waals surface area contributed by atoms with Gasteiger partial charge in [-0.15, -0.1) is 0 Å². The second kappa shape index (κ2) is 19.0. The first-order valence-corrected chi connectivity index (χ1v) is 17.2. The van der Waals surface area contributed by atoms with Crippen molar-refractivity contribution in [3.63, 3.8) is 0 Å². The Morgan fingerprint density at radius 3 is 1.63 bits per heavy atom. The fraction of sp³-hybridized carbons (Fsp3) is 0.615. The van der Waals surface area contributed by atoms with Gasteiger partial charge in [-0.2, -0.15) is 0 Å². The third kappa shape index (κ3) is 11.4. The smallest absolute Gasteiger partial charge is 0.235 e. The highest BCUT2D eigenvalue weighted by atomic mass is 15.1. The molecule has 2 heteroatoms. The van der Waals surface area contributed by atoms with E-state index in [4.69, 9.17) is 0 Å². The Balaban J connectivity index is 1.53. The van der Waals surface area contributed by atoms with Crippen molar-refractivity contribution < 1.29 is 4.57 Å². The van der Waals surface area contributed by atoms with Gasteiger partial charge < -0.3 is 0 Å². The minimum absolute atomic E-state index is 0.00639. The second-order valence-electron chi connectivity index (χ2n) is 13.1. The Morgan fingerprint density at radius 2 is 1.15 bits per heavy atom. The molecule has 0 amide bonds. The predicted octanol–water partition coefficient (Wildman–Crippen LogP) is 11.4. The molecular weight excluding hydrogens is 496 g/mol. The Bertz CT molecular complexity index is 1040. The average molecular weight is 558 g/mol. The van der Waals surface area contributed by atoms with Gasteiger partial charge in [0.15, 0.2) is 0 Å². The van der Waals surface area contributed by atoms with E-state index < -0.39 is 0 Å². The number of hydrogen-bond acceptors (Lipinski definition) is 0. The number of rotatable bonds is 22. The molecule has 0 aliphatic carbocycles. The molecule has 3 rings (SSSR count). The lowest BCUT2D eigenvalue weighted by molar-refractivity contribution is -0.732. The van der Waals surface area contributed by atoms with Crippen LogP contribution in [-0.2, 0) is 11.8 Å². The number of hydrogen-bond donors (Lipinski definition) is 0. The first-order chi connectivity index (χ1) is 20.0. The molecule has 1 aromatic heterocycles. The lowest BCUT2D eigenvalue weighted by atomic mass is 9.70. The summed E-state index contributed by atoms with van der Waals surface area (Å²) in [6.07, 6.45) is 30.4. The van der Waals surface area contributed by atoms with Crippen LogP contribution in [0.25, 0.3) is 0 Å². The van der Waals surface area contributed by atoms with Gasteiger partial charge in [0.2, 0.25) is 6.33 Å². The van der Waals surface area contributed by atoms with Crippen LogP contribution in [0.15, 0.2) is 79.4 Å². The maximum absolute atomic E-state index is 2.53. The van der Waals surface area contributed by atoms with Gasteiger partial charge in [0.1, 0.15) is 18.4 Å². The maximum Gasteiger partial charge on any atom is 0.244 e. The van der Waals surface area contributed by atoms with Gasteiger partial charge in [-0.3, -0.25) is 0 Å². The fourth-order valence-electron chi connectivity index (χ4n) is 6.63. The van der Waals surface area contributed by atoms with Crippen molar-refractivity contribution >= 4 is 0 Å². The number of unbranched alkanes of at least 4 members (excludes halogenated alkanes) is 14. The molecular formula is C39H61N2+. The van der Waals surface area contributed by atoms with Gasteiger partial charge >= 0.3 is 0 Å². The van der Waals surface area contributed by atoms with E-state index in [1.165, 1.54) is 114 Å². The van der Waals surface area contributed by atoms with Crippen LogP contribution in [0.3, 0.4) is 0 Å². The number of benzene rings is 2. The Morgan fingerprint density at radius 1 is 0.659 bits per heavy atom. The summed E-state index contributed by atoms with van der Waals surface area (Å²) in [6.45, 7) is 9.35. The molecule has 0 radical (unpaired) electrons. The van der Waals surface area contributed by atoms with Crippen molar-refractivity contribution in [2.75, 3.05) is 0 Å². The first-order valence-electron chi connectivity index (χ1n) is 17.2. The van der Waals surface area contributed by atoms with Gasteiger partial charge in [0.25, 0.3) is 0 Å². The SMILES string of the molecule is CCCCCCCCCCCCCCCCCC([n+]1ccn(C(C)C)c1)C(C)(Cc1ccccc1)c1ccccc1. The van der Waals surface area contributed by atoms with Crippen LogP contribution in [0.2, 0.25) is 0 Å². The summed E-state index contributed by atoms with van der Waals surface area (Å²) in [7, 11) is 0. The zero-order valence-corrected chi connectivity index (χ0v) is 27.1. The molecule has 2 aromatic carbocycles. The van der Waals surface area contributed by atoms with Gasteiger partial charge in [-0.1, -0.05) is 164 Å². The molecule has 226 valence electrons. The van der Waals surface area contributed by atoms with Crippen LogP contribution in [0.4, 0.5) is 0 Å². The van der Waals surface area contributed by atoms with E-state index in [2.05, 4.69) is 116 Å². The molecule has 0 saturated heterocycles. The molecule has 1 heterocycles. The van der Waals surface area contributed by atoms with E-state index >= 15 is 0 Å². The van der Waals surface area contributed by atoms with Gasteiger partial charge in [0.05, 0.1) is 6.04 Å². The third-order valence-corrected chi connectivity index (χ3v) is 9.30. The van der Waals surface area contributed by atoms with Crippen molar-refractivity contribution in [1.29, 1.82) is 0 Å². The van der Waals surface area contributed by atoms with Crippen LogP contribution < -0.4 is 4.57 Å². The third-order valence-electron chi connectivity index (χ3n) is 9.30. The monoisotopic (exact) mass is 557 g/mol. The van der Waals surface area contributed by atoms with Crippen molar-refractivity contribution in [3.8, 4) is 0 Å². The molecule has 2 atom stereocenters. The molecule has 0 aliphatic heterocycles. The highest BCUT2D eigenvalue weighted by Crippen LogP contribution is 2.39.